The van der Waals surface area contributed by atoms with E-state index in [1.807, 2.05) is 18.2 Å². The van der Waals surface area contributed by atoms with Crippen LogP contribution in [0.15, 0.2) is 34.9 Å². The van der Waals surface area contributed by atoms with E-state index < -0.39 is 12.7 Å². The van der Waals surface area contributed by atoms with Gasteiger partial charge in [-0.05, 0) is 6.07 Å². The van der Waals surface area contributed by atoms with Gasteiger partial charge in [-0.15, -0.1) is 0 Å². The highest BCUT2D eigenvalue weighted by Crippen LogP contribution is 2.23. The van der Waals surface area contributed by atoms with Crippen molar-refractivity contribution in [3.63, 3.8) is 0 Å². The number of para-hydroxylation sites is 1. The van der Waals surface area contributed by atoms with Crippen molar-refractivity contribution in [1.82, 2.24) is 0 Å². The average molecular weight is 179 g/mol. The topological polar surface area (TPSA) is 39.2 Å². The average Bonchev–Trinajstić information content (AvgIpc) is 2.63. The molecule has 0 radical (unpaired) electrons. The Morgan fingerprint density at radius 2 is 2.23 bits per heavy atom. The lowest BCUT2D eigenvalue weighted by atomic mass is 10.1. The van der Waals surface area contributed by atoms with E-state index >= 15 is 0 Å². The Kier molecular flexibility index (Phi) is 2.02. The molecule has 2 N–H and O–H groups in total. The normalized spacial score (nSPS) is 13.4. The summed E-state index contributed by atoms with van der Waals surface area (Å²) in [6.45, 7) is -0.570. The van der Waals surface area contributed by atoms with Gasteiger partial charge in [0.2, 0.25) is 0 Å². The standard InChI is InChI=1S/C10H10FNO/c11-6-9(12)8-3-1-2-7-4-5-13-10(7)8/h1-5,9H,6,12H2. The molecule has 1 aromatic heterocycles. The van der Waals surface area contributed by atoms with E-state index in [1.54, 1.807) is 12.3 Å². The van der Waals surface area contributed by atoms with Crippen LogP contribution in [-0.4, -0.2) is 6.67 Å². The van der Waals surface area contributed by atoms with Gasteiger partial charge in [0, 0.05) is 10.9 Å². The molecule has 0 spiro atoms. The van der Waals surface area contributed by atoms with Gasteiger partial charge >= 0.3 is 0 Å². The van der Waals surface area contributed by atoms with Gasteiger partial charge in [-0.3, -0.25) is 0 Å². The summed E-state index contributed by atoms with van der Waals surface area (Å²) in [6, 6.07) is 6.80. The van der Waals surface area contributed by atoms with E-state index in [0.29, 0.717) is 5.58 Å². The molecule has 0 amide bonds. The van der Waals surface area contributed by atoms with Crippen molar-refractivity contribution in [2.45, 2.75) is 6.04 Å². The predicted octanol–water partition coefficient (Wildman–Crippen LogP) is 2.40. The molecule has 1 unspecified atom stereocenters. The van der Waals surface area contributed by atoms with Crippen molar-refractivity contribution in [3.8, 4) is 0 Å². The zero-order chi connectivity index (χ0) is 9.26. The van der Waals surface area contributed by atoms with Crippen LogP contribution < -0.4 is 5.73 Å². The molecule has 2 aromatic rings. The Morgan fingerprint density at radius 1 is 1.38 bits per heavy atom. The monoisotopic (exact) mass is 179 g/mol. The van der Waals surface area contributed by atoms with Gasteiger partial charge in [0.1, 0.15) is 12.3 Å². The molecule has 0 aliphatic carbocycles. The van der Waals surface area contributed by atoms with Crippen molar-refractivity contribution in [2.75, 3.05) is 6.67 Å². The molecule has 0 saturated carbocycles. The number of halogens is 1. The lowest BCUT2D eigenvalue weighted by molar-refractivity contribution is 0.435. The second-order valence-corrected chi connectivity index (χ2v) is 2.95. The van der Waals surface area contributed by atoms with Crippen LogP contribution in [0.25, 0.3) is 11.0 Å². The molecule has 0 fully saturated rings. The molecule has 0 aliphatic heterocycles. The maximum absolute atomic E-state index is 12.3. The highest BCUT2D eigenvalue weighted by atomic mass is 19.1. The Hall–Kier alpha value is -1.35. The third-order valence-electron chi connectivity index (χ3n) is 2.08. The third-order valence-corrected chi connectivity index (χ3v) is 2.08. The smallest absolute Gasteiger partial charge is 0.138 e. The molecule has 68 valence electrons. The Labute approximate surface area is 75.1 Å². The molecule has 1 heterocycles. The van der Waals surface area contributed by atoms with Gasteiger partial charge in [-0.1, -0.05) is 18.2 Å². The molecule has 0 saturated heterocycles. The van der Waals surface area contributed by atoms with Gasteiger partial charge in [0.15, 0.2) is 0 Å². The van der Waals surface area contributed by atoms with Crippen LogP contribution in [0.5, 0.6) is 0 Å². The first kappa shape index (κ1) is 8.26. The fourth-order valence-corrected chi connectivity index (χ4v) is 1.39. The van der Waals surface area contributed by atoms with E-state index in [1.165, 1.54) is 0 Å². The van der Waals surface area contributed by atoms with Crippen LogP contribution in [0, 0.1) is 0 Å². The zero-order valence-corrected chi connectivity index (χ0v) is 7.03. The molecule has 2 nitrogen and oxygen atoms in total. The highest BCUT2D eigenvalue weighted by Gasteiger charge is 2.10. The van der Waals surface area contributed by atoms with Crippen LogP contribution in [0.4, 0.5) is 4.39 Å². The Bertz CT molecular complexity index is 410. The highest BCUT2D eigenvalue weighted by molar-refractivity contribution is 5.80. The second-order valence-electron chi connectivity index (χ2n) is 2.95. The molecule has 0 bridgehead atoms. The van der Waals surface area contributed by atoms with Crippen LogP contribution in [0.1, 0.15) is 11.6 Å². The predicted molar refractivity (Wildman–Crippen MR) is 49.1 cm³/mol. The van der Waals surface area contributed by atoms with E-state index in [9.17, 15) is 4.39 Å². The lowest BCUT2D eigenvalue weighted by Crippen LogP contribution is -2.12. The summed E-state index contributed by atoms with van der Waals surface area (Å²) < 4.78 is 17.6. The van der Waals surface area contributed by atoms with Gasteiger partial charge in [0.05, 0.1) is 12.3 Å². The summed E-state index contributed by atoms with van der Waals surface area (Å²) in [6.07, 6.45) is 1.58. The number of fused-ring (bicyclic) bond motifs is 1. The summed E-state index contributed by atoms with van der Waals surface area (Å²) in [4.78, 5) is 0. The number of furan rings is 1. The number of hydrogen-bond acceptors (Lipinski definition) is 2. The summed E-state index contributed by atoms with van der Waals surface area (Å²) in [5.74, 6) is 0. The van der Waals surface area contributed by atoms with Crippen molar-refractivity contribution >= 4 is 11.0 Å². The molecule has 2 rings (SSSR count). The lowest BCUT2D eigenvalue weighted by Gasteiger charge is -2.06. The minimum absolute atomic E-state index is 0.570. The van der Waals surface area contributed by atoms with Crippen LogP contribution in [0.3, 0.4) is 0 Å². The molecular weight excluding hydrogens is 169 g/mol. The van der Waals surface area contributed by atoms with Gasteiger partial charge in [-0.25, -0.2) is 4.39 Å². The molecule has 0 aliphatic rings. The molecular formula is C10H10FNO. The van der Waals surface area contributed by atoms with Crippen LogP contribution in [0.2, 0.25) is 0 Å². The number of rotatable bonds is 2. The largest absolute Gasteiger partial charge is 0.464 e. The minimum atomic E-state index is -0.588. The molecule has 1 atom stereocenters. The minimum Gasteiger partial charge on any atom is -0.464 e. The SMILES string of the molecule is NC(CF)c1cccc2ccoc12. The molecule has 3 heteroatoms. The fraction of sp³-hybridized carbons (Fsp3) is 0.200. The summed E-state index contributed by atoms with van der Waals surface area (Å²) in [5.41, 5.74) is 7.00. The van der Waals surface area contributed by atoms with E-state index in [4.69, 9.17) is 10.2 Å². The quantitative estimate of drug-likeness (QED) is 0.768. The number of alkyl halides is 1. The first-order valence-electron chi connectivity index (χ1n) is 4.10. The number of benzene rings is 1. The van der Waals surface area contributed by atoms with Crippen LogP contribution >= 0.6 is 0 Å². The maximum atomic E-state index is 12.3. The number of hydrogen-bond donors (Lipinski definition) is 1. The van der Waals surface area contributed by atoms with Crippen molar-refractivity contribution in [2.24, 2.45) is 5.73 Å². The molecule has 13 heavy (non-hydrogen) atoms. The summed E-state index contributed by atoms with van der Waals surface area (Å²) >= 11 is 0. The zero-order valence-electron chi connectivity index (χ0n) is 7.03. The van der Waals surface area contributed by atoms with Crippen molar-refractivity contribution in [3.05, 3.63) is 36.1 Å². The first-order valence-corrected chi connectivity index (χ1v) is 4.10. The fourth-order valence-electron chi connectivity index (χ4n) is 1.39. The molecule has 1 aromatic carbocycles. The van der Waals surface area contributed by atoms with Crippen molar-refractivity contribution < 1.29 is 8.81 Å². The Balaban J connectivity index is 2.60. The maximum Gasteiger partial charge on any atom is 0.138 e. The van der Waals surface area contributed by atoms with E-state index in [-0.39, 0.29) is 0 Å². The summed E-state index contributed by atoms with van der Waals surface area (Å²) in [5, 5.41) is 0.960. The second kappa shape index (κ2) is 3.18. The van der Waals surface area contributed by atoms with Crippen LogP contribution in [-0.2, 0) is 0 Å². The Morgan fingerprint density at radius 3 is 3.00 bits per heavy atom. The van der Waals surface area contributed by atoms with Crippen molar-refractivity contribution in [1.29, 1.82) is 0 Å². The number of nitrogens with two attached hydrogens (primary N) is 1. The van der Waals surface area contributed by atoms with Gasteiger partial charge in [-0.2, -0.15) is 0 Å². The van der Waals surface area contributed by atoms with Gasteiger partial charge < -0.3 is 10.2 Å². The van der Waals surface area contributed by atoms with Gasteiger partial charge in [0.25, 0.3) is 0 Å². The summed E-state index contributed by atoms with van der Waals surface area (Å²) in [7, 11) is 0. The van der Waals surface area contributed by atoms with E-state index in [2.05, 4.69) is 0 Å². The van der Waals surface area contributed by atoms with E-state index in [0.717, 1.165) is 10.9 Å². The third kappa shape index (κ3) is 1.31. The first-order chi connectivity index (χ1) is 6.33.